The van der Waals surface area contributed by atoms with Gasteiger partial charge in [0.25, 0.3) is 0 Å². The van der Waals surface area contributed by atoms with E-state index in [0.29, 0.717) is 12.0 Å². The molecule has 25 heavy (non-hydrogen) atoms. The zero-order valence-electron chi connectivity index (χ0n) is 13.4. The molecule has 5 nitrogen and oxygen atoms in total. The molecular weight excluding hydrogens is 352 g/mol. The maximum absolute atomic E-state index is 12.2. The third-order valence-electron chi connectivity index (χ3n) is 3.41. The van der Waals surface area contributed by atoms with E-state index in [-0.39, 0.29) is 23.0 Å². The average Bonchev–Trinajstić information content (AvgIpc) is 2.56. The van der Waals surface area contributed by atoms with Gasteiger partial charge in [-0.25, -0.2) is 13.1 Å². The van der Waals surface area contributed by atoms with Crippen molar-refractivity contribution < 1.29 is 26.7 Å². The second kappa shape index (κ2) is 8.17. The number of hydrogen-bond acceptors (Lipinski definition) is 4. The van der Waals surface area contributed by atoms with Crippen LogP contribution in [-0.4, -0.2) is 27.4 Å². The monoisotopic (exact) mass is 369 g/mol. The lowest BCUT2D eigenvalue weighted by Crippen LogP contribution is -2.26. The van der Waals surface area contributed by atoms with Crippen LogP contribution in [0.4, 0.5) is 8.78 Å². The number of carbonyl (C=O) groups excluding carboxylic acids is 1. The topological polar surface area (TPSA) is 72.5 Å². The fraction of sp³-hybridized carbons (Fsp3) is 0.235. The van der Waals surface area contributed by atoms with Gasteiger partial charge in [0.05, 0.1) is 4.90 Å². The molecule has 0 bridgehead atoms. The standard InChI is InChI=1S/C17H17F2NO4S/c1-12(21)14-3-2-4-16(11-14)25(22,23)20-10-9-13-5-7-15(8-6-13)24-17(18)19/h2-8,11,17,20H,9-10H2,1H3. The molecule has 0 aromatic heterocycles. The zero-order chi connectivity index (χ0) is 18.4. The molecular formula is C17H17F2NO4S. The predicted octanol–water partition coefficient (Wildman–Crippen LogP) is 3.01. The van der Waals surface area contributed by atoms with Gasteiger partial charge in [-0.15, -0.1) is 0 Å². The summed E-state index contributed by atoms with van der Waals surface area (Å²) in [6.07, 6.45) is 0.376. The van der Waals surface area contributed by atoms with Gasteiger partial charge in [-0.2, -0.15) is 8.78 Å². The smallest absolute Gasteiger partial charge is 0.387 e. The van der Waals surface area contributed by atoms with Crippen molar-refractivity contribution in [1.82, 2.24) is 4.72 Å². The Balaban J connectivity index is 1.96. The molecule has 0 amide bonds. The first kappa shape index (κ1) is 19.0. The number of alkyl halides is 2. The highest BCUT2D eigenvalue weighted by atomic mass is 32.2. The molecule has 2 aromatic carbocycles. The SMILES string of the molecule is CC(=O)c1cccc(S(=O)(=O)NCCc2ccc(OC(F)F)cc2)c1. The van der Waals surface area contributed by atoms with Crippen molar-refractivity contribution in [3.8, 4) is 5.75 Å². The second-order valence-electron chi connectivity index (χ2n) is 5.25. The fourth-order valence-electron chi connectivity index (χ4n) is 2.13. The van der Waals surface area contributed by atoms with Crippen molar-refractivity contribution in [1.29, 1.82) is 0 Å². The first-order chi connectivity index (χ1) is 11.8. The Kier molecular flexibility index (Phi) is 6.22. The van der Waals surface area contributed by atoms with E-state index in [2.05, 4.69) is 9.46 Å². The summed E-state index contributed by atoms with van der Waals surface area (Å²) < 4.78 is 55.3. The van der Waals surface area contributed by atoms with E-state index in [9.17, 15) is 22.0 Å². The largest absolute Gasteiger partial charge is 0.435 e. The average molecular weight is 369 g/mol. The number of carbonyl (C=O) groups is 1. The third-order valence-corrected chi connectivity index (χ3v) is 4.86. The summed E-state index contributed by atoms with van der Waals surface area (Å²) in [5.41, 5.74) is 1.08. The normalized spacial score (nSPS) is 11.5. The molecule has 0 spiro atoms. The van der Waals surface area contributed by atoms with Gasteiger partial charge in [0, 0.05) is 12.1 Å². The molecule has 2 aromatic rings. The van der Waals surface area contributed by atoms with Gasteiger partial charge in [-0.3, -0.25) is 4.79 Å². The van der Waals surface area contributed by atoms with E-state index < -0.39 is 16.6 Å². The van der Waals surface area contributed by atoms with Crippen LogP contribution in [0.3, 0.4) is 0 Å². The maximum Gasteiger partial charge on any atom is 0.387 e. The molecule has 0 aliphatic heterocycles. The van der Waals surface area contributed by atoms with Gasteiger partial charge >= 0.3 is 6.61 Å². The Labute approximate surface area is 144 Å². The van der Waals surface area contributed by atoms with E-state index in [1.165, 1.54) is 37.3 Å². The summed E-state index contributed by atoms with van der Waals surface area (Å²) in [5.74, 6) is -0.177. The van der Waals surface area contributed by atoms with Crippen LogP contribution in [-0.2, 0) is 16.4 Å². The number of Topliss-reactive ketones (excluding diaryl/α,β-unsaturated/α-hetero) is 1. The highest BCUT2D eigenvalue weighted by Gasteiger charge is 2.14. The van der Waals surface area contributed by atoms with Gasteiger partial charge in [0.2, 0.25) is 10.0 Å². The number of benzene rings is 2. The number of hydrogen-bond donors (Lipinski definition) is 1. The Hall–Kier alpha value is -2.32. The molecule has 2 rings (SSSR count). The minimum absolute atomic E-state index is 0.0147. The summed E-state index contributed by atoms with van der Waals surface area (Å²) in [6, 6.07) is 11.7. The van der Waals surface area contributed by atoms with Crippen molar-refractivity contribution in [2.75, 3.05) is 6.54 Å². The van der Waals surface area contributed by atoms with Crippen molar-refractivity contribution in [3.05, 3.63) is 59.7 Å². The van der Waals surface area contributed by atoms with Crippen LogP contribution < -0.4 is 9.46 Å². The third kappa shape index (κ3) is 5.61. The lowest BCUT2D eigenvalue weighted by Gasteiger charge is -2.09. The van der Waals surface area contributed by atoms with Crippen LogP contribution >= 0.6 is 0 Å². The van der Waals surface area contributed by atoms with Crippen LogP contribution in [0.2, 0.25) is 0 Å². The minimum atomic E-state index is -3.74. The highest BCUT2D eigenvalue weighted by Crippen LogP contribution is 2.15. The van der Waals surface area contributed by atoms with Crippen molar-refractivity contribution in [3.63, 3.8) is 0 Å². The number of rotatable bonds is 8. The highest BCUT2D eigenvalue weighted by molar-refractivity contribution is 7.89. The lowest BCUT2D eigenvalue weighted by atomic mass is 10.1. The molecule has 0 unspecified atom stereocenters. The summed E-state index contributed by atoms with van der Waals surface area (Å²) in [4.78, 5) is 11.4. The lowest BCUT2D eigenvalue weighted by molar-refractivity contribution is -0.0498. The van der Waals surface area contributed by atoms with Crippen molar-refractivity contribution >= 4 is 15.8 Å². The molecule has 8 heteroatoms. The van der Waals surface area contributed by atoms with Gasteiger partial charge in [-0.05, 0) is 43.2 Å². The molecule has 0 aliphatic carbocycles. The number of ketones is 1. The van der Waals surface area contributed by atoms with E-state index in [1.807, 2.05) is 0 Å². The first-order valence-electron chi connectivity index (χ1n) is 7.42. The Morgan fingerprint density at radius 1 is 1.16 bits per heavy atom. The molecule has 0 atom stereocenters. The molecule has 0 fully saturated rings. The second-order valence-corrected chi connectivity index (χ2v) is 7.02. The molecule has 0 aliphatic rings. The van der Waals surface area contributed by atoms with Crippen LogP contribution in [0, 0.1) is 0 Å². The Morgan fingerprint density at radius 3 is 2.44 bits per heavy atom. The Morgan fingerprint density at radius 2 is 1.84 bits per heavy atom. The summed E-state index contributed by atoms with van der Waals surface area (Å²) >= 11 is 0. The molecule has 0 heterocycles. The van der Waals surface area contributed by atoms with Crippen LogP contribution in [0.1, 0.15) is 22.8 Å². The van der Waals surface area contributed by atoms with Crippen LogP contribution in [0.15, 0.2) is 53.4 Å². The minimum Gasteiger partial charge on any atom is -0.435 e. The summed E-state index contributed by atoms with van der Waals surface area (Å²) in [6.45, 7) is -1.40. The Bertz CT molecular complexity index is 836. The molecule has 1 N–H and O–H groups in total. The molecule has 0 saturated heterocycles. The van der Waals surface area contributed by atoms with Crippen LogP contribution in [0.5, 0.6) is 5.75 Å². The van der Waals surface area contributed by atoms with Crippen molar-refractivity contribution in [2.24, 2.45) is 0 Å². The van der Waals surface area contributed by atoms with Crippen LogP contribution in [0.25, 0.3) is 0 Å². The van der Waals surface area contributed by atoms with Gasteiger partial charge in [-0.1, -0.05) is 24.3 Å². The number of sulfonamides is 1. The maximum atomic E-state index is 12.2. The predicted molar refractivity (Wildman–Crippen MR) is 88.4 cm³/mol. The summed E-state index contributed by atoms with van der Waals surface area (Å²) in [7, 11) is -3.74. The van der Waals surface area contributed by atoms with E-state index >= 15 is 0 Å². The van der Waals surface area contributed by atoms with E-state index in [1.54, 1.807) is 18.2 Å². The molecule has 0 radical (unpaired) electrons. The summed E-state index contributed by atoms with van der Waals surface area (Å²) in [5, 5.41) is 0. The van der Waals surface area contributed by atoms with Gasteiger partial charge in [0.15, 0.2) is 5.78 Å². The molecule has 134 valence electrons. The molecule has 0 saturated carbocycles. The van der Waals surface area contributed by atoms with Gasteiger partial charge < -0.3 is 4.74 Å². The number of ether oxygens (including phenoxy) is 1. The zero-order valence-corrected chi connectivity index (χ0v) is 14.2. The fourth-order valence-corrected chi connectivity index (χ4v) is 3.21. The van der Waals surface area contributed by atoms with Gasteiger partial charge in [0.1, 0.15) is 5.75 Å². The van der Waals surface area contributed by atoms with E-state index in [4.69, 9.17) is 0 Å². The quantitative estimate of drug-likeness (QED) is 0.726. The van der Waals surface area contributed by atoms with E-state index in [0.717, 1.165) is 5.56 Å². The first-order valence-corrected chi connectivity index (χ1v) is 8.90. The van der Waals surface area contributed by atoms with Crippen molar-refractivity contribution in [2.45, 2.75) is 24.9 Å². The number of nitrogens with one attached hydrogen (secondary N) is 1. The number of halogens is 2.